The van der Waals surface area contributed by atoms with Crippen molar-refractivity contribution in [2.24, 2.45) is 5.10 Å². The summed E-state index contributed by atoms with van der Waals surface area (Å²) in [7, 11) is -3.61. The van der Waals surface area contributed by atoms with Gasteiger partial charge in [0.25, 0.3) is 10.0 Å². The van der Waals surface area contributed by atoms with Crippen LogP contribution in [0, 0.1) is 0 Å². The second kappa shape index (κ2) is 5.36. The largest absolute Gasteiger partial charge is 0.360 e. The molecule has 0 atom stereocenters. The summed E-state index contributed by atoms with van der Waals surface area (Å²) in [5.41, 5.74) is 0.716. The molecule has 0 fully saturated rings. The second-order valence-corrected chi connectivity index (χ2v) is 6.01. The van der Waals surface area contributed by atoms with E-state index in [-0.39, 0.29) is 4.90 Å². The standard InChI is InChI=1S/C11H10BrN3O2S/c12-9-3-5-11(6-4-9)18(16,17)15-14-8-10-2-1-7-13-10/h1-8,13,15H/b14-8+. The highest BCUT2D eigenvalue weighted by atomic mass is 79.9. The molecule has 94 valence electrons. The van der Waals surface area contributed by atoms with Crippen LogP contribution in [0.5, 0.6) is 0 Å². The molecule has 18 heavy (non-hydrogen) atoms. The number of hydrazone groups is 1. The maximum Gasteiger partial charge on any atom is 0.276 e. The maximum atomic E-state index is 11.8. The smallest absolute Gasteiger partial charge is 0.276 e. The Morgan fingerprint density at radius 2 is 1.94 bits per heavy atom. The SMILES string of the molecule is O=S(=O)(N/N=C/c1ccc[nH]1)c1ccc(Br)cc1. The molecular weight excluding hydrogens is 318 g/mol. The van der Waals surface area contributed by atoms with Crippen molar-refractivity contribution in [3.63, 3.8) is 0 Å². The maximum absolute atomic E-state index is 11.8. The minimum Gasteiger partial charge on any atom is -0.360 e. The fraction of sp³-hybridized carbons (Fsp3) is 0. The van der Waals surface area contributed by atoms with Crippen molar-refractivity contribution in [1.29, 1.82) is 0 Å². The van der Waals surface area contributed by atoms with Crippen LogP contribution < -0.4 is 4.83 Å². The van der Waals surface area contributed by atoms with Crippen LogP contribution in [0.25, 0.3) is 0 Å². The first-order chi connectivity index (χ1) is 8.58. The number of aromatic nitrogens is 1. The van der Waals surface area contributed by atoms with Crippen molar-refractivity contribution in [3.05, 3.63) is 52.8 Å². The summed E-state index contributed by atoms with van der Waals surface area (Å²) < 4.78 is 24.5. The number of hydrogen-bond acceptors (Lipinski definition) is 3. The van der Waals surface area contributed by atoms with E-state index < -0.39 is 10.0 Å². The first kappa shape index (κ1) is 12.8. The van der Waals surface area contributed by atoms with E-state index in [4.69, 9.17) is 0 Å². The van der Waals surface area contributed by atoms with Gasteiger partial charge in [-0.1, -0.05) is 15.9 Å². The molecule has 0 aliphatic heterocycles. The Hall–Kier alpha value is -1.60. The molecule has 5 nitrogen and oxygen atoms in total. The van der Waals surface area contributed by atoms with Gasteiger partial charge in [0, 0.05) is 10.7 Å². The minimum absolute atomic E-state index is 0.161. The van der Waals surface area contributed by atoms with Crippen LogP contribution in [0.4, 0.5) is 0 Å². The predicted octanol–water partition coefficient (Wildman–Crippen LogP) is 2.09. The molecule has 0 radical (unpaired) electrons. The molecule has 0 saturated heterocycles. The molecule has 2 N–H and O–H groups in total. The fourth-order valence-corrected chi connectivity index (χ4v) is 2.31. The summed E-state index contributed by atoms with van der Waals surface area (Å²) in [6, 6.07) is 9.88. The molecule has 7 heteroatoms. The molecule has 1 aromatic carbocycles. The van der Waals surface area contributed by atoms with E-state index in [0.717, 1.165) is 4.47 Å². The molecule has 1 heterocycles. The van der Waals surface area contributed by atoms with E-state index in [1.165, 1.54) is 18.3 Å². The van der Waals surface area contributed by atoms with Crippen molar-refractivity contribution in [3.8, 4) is 0 Å². The van der Waals surface area contributed by atoms with Gasteiger partial charge in [-0.05, 0) is 36.4 Å². The van der Waals surface area contributed by atoms with Crippen molar-refractivity contribution >= 4 is 32.2 Å². The summed E-state index contributed by atoms with van der Waals surface area (Å²) in [5.74, 6) is 0. The Morgan fingerprint density at radius 3 is 2.56 bits per heavy atom. The summed E-state index contributed by atoms with van der Waals surface area (Å²) in [5, 5.41) is 3.68. The number of H-pyrrole nitrogens is 1. The Labute approximate surface area is 113 Å². The number of nitrogens with one attached hydrogen (secondary N) is 2. The Balaban J connectivity index is 2.10. The first-order valence-electron chi connectivity index (χ1n) is 5.02. The summed E-state index contributed by atoms with van der Waals surface area (Å²) in [4.78, 5) is 5.18. The van der Waals surface area contributed by atoms with Crippen LogP contribution in [0.2, 0.25) is 0 Å². The van der Waals surface area contributed by atoms with E-state index in [0.29, 0.717) is 5.69 Å². The lowest BCUT2D eigenvalue weighted by Gasteiger charge is -2.02. The van der Waals surface area contributed by atoms with Gasteiger partial charge >= 0.3 is 0 Å². The zero-order chi connectivity index (χ0) is 13.0. The van der Waals surface area contributed by atoms with Gasteiger partial charge in [-0.25, -0.2) is 4.83 Å². The van der Waals surface area contributed by atoms with Crippen molar-refractivity contribution in [2.75, 3.05) is 0 Å². The first-order valence-corrected chi connectivity index (χ1v) is 7.29. The van der Waals surface area contributed by atoms with E-state index in [1.807, 2.05) is 0 Å². The summed E-state index contributed by atoms with van der Waals surface area (Å²) >= 11 is 3.24. The number of sulfonamides is 1. The highest BCUT2D eigenvalue weighted by Gasteiger charge is 2.11. The summed E-state index contributed by atoms with van der Waals surface area (Å²) in [6.07, 6.45) is 3.13. The van der Waals surface area contributed by atoms with E-state index in [1.54, 1.807) is 30.5 Å². The normalized spacial score (nSPS) is 11.8. The Kier molecular flexibility index (Phi) is 3.83. The second-order valence-electron chi connectivity index (χ2n) is 3.43. The Bertz CT molecular complexity index is 633. The Morgan fingerprint density at radius 1 is 1.22 bits per heavy atom. The van der Waals surface area contributed by atoms with Gasteiger partial charge in [-0.2, -0.15) is 13.5 Å². The third kappa shape index (κ3) is 3.21. The van der Waals surface area contributed by atoms with Crippen LogP contribution >= 0.6 is 15.9 Å². The van der Waals surface area contributed by atoms with Gasteiger partial charge in [0.15, 0.2) is 0 Å². The molecule has 0 amide bonds. The average Bonchev–Trinajstić information content (AvgIpc) is 2.82. The number of benzene rings is 1. The van der Waals surface area contributed by atoms with Crippen LogP contribution in [-0.2, 0) is 10.0 Å². The van der Waals surface area contributed by atoms with Crippen molar-refractivity contribution < 1.29 is 8.42 Å². The van der Waals surface area contributed by atoms with Gasteiger partial charge in [-0.15, -0.1) is 0 Å². The highest BCUT2D eigenvalue weighted by molar-refractivity contribution is 9.10. The zero-order valence-corrected chi connectivity index (χ0v) is 11.6. The van der Waals surface area contributed by atoms with E-state index in [9.17, 15) is 8.42 Å². The fourth-order valence-electron chi connectivity index (χ4n) is 1.26. The van der Waals surface area contributed by atoms with Crippen LogP contribution in [-0.4, -0.2) is 19.6 Å². The van der Waals surface area contributed by atoms with Crippen molar-refractivity contribution in [1.82, 2.24) is 9.82 Å². The number of nitrogens with zero attached hydrogens (tertiary/aromatic N) is 1. The number of rotatable bonds is 4. The monoisotopic (exact) mass is 327 g/mol. The molecular formula is C11H10BrN3O2S. The quantitative estimate of drug-likeness (QED) is 0.666. The lowest BCUT2D eigenvalue weighted by Crippen LogP contribution is -2.18. The van der Waals surface area contributed by atoms with E-state index >= 15 is 0 Å². The molecule has 0 aliphatic rings. The van der Waals surface area contributed by atoms with Gasteiger partial charge in [0.05, 0.1) is 16.8 Å². The minimum atomic E-state index is -3.61. The van der Waals surface area contributed by atoms with Gasteiger partial charge < -0.3 is 4.98 Å². The highest BCUT2D eigenvalue weighted by Crippen LogP contribution is 2.14. The van der Waals surface area contributed by atoms with Crippen molar-refractivity contribution in [2.45, 2.75) is 4.90 Å². The topological polar surface area (TPSA) is 74.3 Å². The van der Waals surface area contributed by atoms with E-state index in [2.05, 4.69) is 30.8 Å². The molecule has 1 aromatic heterocycles. The van der Waals surface area contributed by atoms with Gasteiger partial charge in [0.1, 0.15) is 0 Å². The third-order valence-electron chi connectivity index (χ3n) is 2.12. The molecule has 2 rings (SSSR count). The average molecular weight is 328 g/mol. The third-order valence-corrected chi connectivity index (χ3v) is 3.89. The molecule has 0 bridgehead atoms. The van der Waals surface area contributed by atoms with Crippen LogP contribution in [0.15, 0.2) is 57.1 Å². The number of aromatic amines is 1. The lowest BCUT2D eigenvalue weighted by atomic mass is 10.4. The molecule has 0 aliphatic carbocycles. The number of halogens is 1. The zero-order valence-electron chi connectivity index (χ0n) is 9.17. The molecule has 0 spiro atoms. The molecule has 0 unspecified atom stereocenters. The van der Waals surface area contributed by atoms with Crippen LogP contribution in [0.3, 0.4) is 0 Å². The van der Waals surface area contributed by atoms with Gasteiger partial charge in [-0.3, -0.25) is 0 Å². The summed E-state index contributed by atoms with van der Waals surface area (Å²) in [6.45, 7) is 0. The van der Waals surface area contributed by atoms with Gasteiger partial charge in [0.2, 0.25) is 0 Å². The van der Waals surface area contributed by atoms with Crippen LogP contribution in [0.1, 0.15) is 5.69 Å². The molecule has 0 saturated carbocycles. The number of hydrogen-bond donors (Lipinski definition) is 2. The predicted molar refractivity (Wildman–Crippen MR) is 72.9 cm³/mol. The molecule has 2 aromatic rings. The lowest BCUT2D eigenvalue weighted by molar-refractivity contribution is 0.584.